The molecule has 8 heteroatoms. The third-order valence-corrected chi connectivity index (χ3v) is 6.24. The molecule has 7 nitrogen and oxygen atoms in total. The highest BCUT2D eigenvalue weighted by molar-refractivity contribution is 9.10. The predicted molar refractivity (Wildman–Crippen MR) is 122 cm³/mol. The number of morpholine rings is 1. The van der Waals surface area contributed by atoms with Crippen LogP contribution in [0.25, 0.3) is 5.69 Å². The van der Waals surface area contributed by atoms with E-state index in [9.17, 15) is 0 Å². The lowest BCUT2D eigenvalue weighted by atomic mass is 10.0. The third kappa shape index (κ3) is 4.15. The molecule has 0 N–H and O–H groups in total. The molecule has 0 atom stereocenters. The van der Waals surface area contributed by atoms with Crippen molar-refractivity contribution in [3.05, 3.63) is 69.7 Å². The molecule has 1 fully saturated rings. The van der Waals surface area contributed by atoms with Crippen molar-refractivity contribution in [1.82, 2.24) is 19.7 Å². The summed E-state index contributed by atoms with van der Waals surface area (Å²) in [4.78, 5) is 7.36. The maximum Gasteiger partial charge on any atom is 0.159 e. The number of halogens is 1. The molecule has 160 valence electrons. The second-order valence-corrected chi connectivity index (χ2v) is 8.54. The van der Waals surface area contributed by atoms with E-state index in [0.717, 1.165) is 83.7 Å². The first kappa shape index (κ1) is 20.4. The van der Waals surface area contributed by atoms with Crippen molar-refractivity contribution in [2.75, 3.05) is 40.0 Å². The molecule has 0 unspecified atom stereocenters. The van der Waals surface area contributed by atoms with Crippen molar-refractivity contribution in [2.24, 2.45) is 4.99 Å². The molecule has 1 saturated heterocycles. The molecular weight excluding hydrogens is 458 g/mol. The van der Waals surface area contributed by atoms with Gasteiger partial charge in [0, 0.05) is 41.7 Å². The first-order valence-electron chi connectivity index (χ1n) is 10.5. The number of methoxy groups -OCH3 is 1. The van der Waals surface area contributed by atoms with Gasteiger partial charge in [0.05, 0.1) is 31.7 Å². The molecular formula is C23H24BrN5O2. The van der Waals surface area contributed by atoms with E-state index in [1.54, 1.807) is 7.11 Å². The second-order valence-electron chi connectivity index (χ2n) is 7.63. The van der Waals surface area contributed by atoms with Crippen LogP contribution < -0.4 is 4.74 Å². The number of nitrogens with zero attached hydrogens (tertiary/aromatic N) is 5. The van der Waals surface area contributed by atoms with Gasteiger partial charge in [0.25, 0.3) is 0 Å². The Balaban J connectivity index is 1.51. The summed E-state index contributed by atoms with van der Waals surface area (Å²) in [7, 11) is 1.68. The van der Waals surface area contributed by atoms with Gasteiger partial charge in [-0.15, -0.1) is 10.2 Å². The zero-order chi connectivity index (χ0) is 21.2. The molecule has 3 aromatic rings. The van der Waals surface area contributed by atoms with Crippen LogP contribution in [0.4, 0.5) is 0 Å². The number of benzene rings is 2. The van der Waals surface area contributed by atoms with Gasteiger partial charge in [0.1, 0.15) is 18.1 Å². The number of ether oxygens (including phenoxy) is 2. The molecule has 0 radical (unpaired) electrons. The van der Waals surface area contributed by atoms with Gasteiger partial charge in [0.15, 0.2) is 5.82 Å². The van der Waals surface area contributed by atoms with Gasteiger partial charge in [-0.05, 0) is 42.5 Å². The number of aliphatic imine (C=N–C) groups is 1. The van der Waals surface area contributed by atoms with E-state index in [4.69, 9.17) is 14.5 Å². The lowest BCUT2D eigenvalue weighted by Crippen LogP contribution is -2.37. The highest BCUT2D eigenvalue weighted by Crippen LogP contribution is 2.29. The van der Waals surface area contributed by atoms with E-state index < -0.39 is 0 Å². The van der Waals surface area contributed by atoms with Crippen molar-refractivity contribution in [3.63, 3.8) is 0 Å². The van der Waals surface area contributed by atoms with E-state index in [2.05, 4.69) is 53.8 Å². The number of rotatable bonds is 5. The van der Waals surface area contributed by atoms with Crippen molar-refractivity contribution < 1.29 is 9.47 Å². The summed E-state index contributed by atoms with van der Waals surface area (Å²) in [6.07, 6.45) is 0.834. The lowest BCUT2D eigenvalue weighted by Gasteiger charge is -2.26. The van der Waals surface area contributed by atoms with Gasteiger partial charge < -0.3 is 9.47 Å². The molecule has 1 aromatic heterocycles. The molecule has 2 aliphatic heterocycles. The topological polar surface area (TPSA) is 64.8 Å². The van der Waals surface area contributed by atoms with Crippen LogP contribution in [0.3, 0.4) is 0 Å². The molecule has 2 aromatic carbocycles. The Morgan fingerprint density at radius 1 is 1.06 bits per heavy atom. The fraction of sp³-hybridized carbons (Fsp3) is 0.348. The summed E-state index contributed by atoms with van der Waals surface area (Å²) < 4.78 is 14.0. The fourth-order valence-corrected chi connectivity index (χ4v) is 4.46. The normalized spacial score (nSPS) is 16.3. The highest BCUT2D eigenvalue weighted by Gasteiger charge is 2.23. The van der Waals surface area contributed by atoms with Crippen molar-refractivity contribution >= 4 is 21.6 Å². The van der Waals surface area contributed by atoms with Crippen molar-refractivity contribution in [3.8, 4) is 11.4 Å². The molecule has 5 rings (SSSR count). The van der Waals surface area contributed by atoms with Crippen LogP contribution in [0.5, 0.6) is 5.75 Å². The molecule has 0 amide bonds. The first-order valence-corrected chi connectivity index (χ1v) is 11.2. The number of aromatic nitrogens is 3. The largest absolute Gasteiger partial charge is 0.497 e. The lowest BCUT2D eigenvalue weighted by molar-refractivity contribution is 0.0382. The zero-order valence-electron chi connectivity index (χ0n) is 17.4. The molecule has 2 aliphatic rings. The summed E-state index contributed by atoms with van der Waals surface area (Å²) in [5.41, 5.74) is 4.12. The Hall–Kier alpha value is -2.55. The minimum Gasteiger partial charge on any atom is -0.497 e. The van der Waals surface area contributed by atoms with E-state index in [1.807, 2.05) is 24.3 Å². The molecule has 0 saturated carbocycles. The predicted octanol–water partition coefficient (Wildman–Crippen LogP) is 3.26. The third-order valence-electron chi connectivity index (χ3n) is 5.75. The first-order chi connectivity index (χ1) is 15.2. The monoisotopic (exact) mass is 481 g/mol. The summed E-state index contributed by atoms with van der Waals surface area (Å²) in [5.74, 6) is 2.66. The molecule has 0 bridgehead atoms. The van der Waals surface area contributed by atoms with Crippen LogP contribution in [0.1, 0.15) is 22.8 Å². The summed E-state index contributed by atoms with van der Waals surface area (Å²) in [6, 6.07) is 14.3. The Morgan fingerprint density at radius 3 is 2.65 bits per heavy atom. The van der Waals surface area contributed by atoms with Gasteiger partial charge in [-0.25, -0.2) is 0 Å². The second kappa shape index (κ2) is 8.90. The Labute approximate surface area is 189 Å². The average Bonchev–Trinajstić information content (AvgIpc) is 3.14. The minimum absolute atomic E-state index is 0.484. The van der Waals surface area contributed by atoms with E-state index in [1.165, 1.54) is 0 Å². The quantitative estimate of drug-likeness (QED) is 0.559. The van der Waals surface area contributed by atoms with Gasteiger partial charge in [-0.2, -0.15) is 0 Å². The molecule has 0 aliphatic carbocycles. The number of hydrogen-bond acceptors (Lipinski definition) is 6. The van der Waals surface area contributed by atoms with E-state index >= 15 is 0 Å². The van der Waals surface area contributed by atoms with Gasteiger partial charge in [-0.1, -0.05) is 15.9 Å². The highest BCUT2D eigenvalue weighted by atomic mass is 79.9. The van der Waals surface area contributed by atoms with Crippen LogP contribution in [0, 0.1) is 0 Å². The SMILES string of the molecule is COc1ccc(C2=NCc3nnc(CCN4CCOCC4)n3-c3ccc(Br)cc32)cc1. The van der Waals surface area contributed by atoms with Crippen LogP contribution >= 0.6 is 15.9 Å². The Morgan fingerprint density at radius 2 is 1.87 bits per heavy atom. The van der Waals surface area contributed by atoms with Gasteiger partial charge in [-0.3, -0.25) is 14.5 Å². The van der Waals surface area contributed by atoms with Crippen LogP contribution in [0.15, 0.2) is 51.9 Å². The van der Waals surface area contributed by atoms with Crippen LogP contribution in [-0.4, -0.2) is 65.3 Å². The number of fused-ring (bicyclic) bond motifs is 3. The summed E-state index contributed by atoms with van der Waals surface area (Å²) in [5, 5.41) is 9.01. The molecule has 0 spiro atoms. The Kier molecular flexibility index (Phi) is 5.85. The number of hydrogen-bond donors (Lipinski definition) is 0. The molecule has 3 heterocycles. The Bertz CT molecular complexity index is 1100. The maximum absolute atomic E-state index is 5.47. The average molecular weight is 482 g/mol. The van der Waals surface area contributed by atoms with Gasteiger partial charge >= 0.3 is 0 Å². The minimum atomic E-state index is 0.484. The maximum atomic E-state index is 5.47. The van der Waals surface area contributed by atoms with E-state index in [-0.39, 0.29) is 0 Å². The van der Waals surface area contributed by atoms with Crippen molar-refractivity contribution in [1.29, 1.82) is 0 Å². The molecule has 31 heavy (non-hydrogen) atoms. The standard InChI is InChI=1S/C23H24BrN5O2/c1-30-18-5-2-16(3-6-18)23-19-14-17(24)4-7-20(19)29-21(26-27-22(29)15-25-23)8-9-28-10-12-31-13-11-28/h2-7,14H,8-13,15H2,1H3. The van der Waals surface area contributed by atoms with E-state index in [0.29, 0.717) is 6.54 Å². The summed E-state index contributed by atoms with van der Waals surface area (Å²) >= 11 is 3.64. The summed E-state index contributed by atoms with van der Waals surface area (Å²) in [6.45, 7) is 4.96. The smallest absolute Gasteiger partial charge is 0.159 e. The van der Waals surface area contributed by atoms with Crippen LogP contribution in [0.2, 0.25) is 0 Å². The fourth-order valence-electron chi connectivity index (χ4n) is 4.10. The zero-order valence-corrected chi connectivity index (χ0v) is 19.0. The van der Waals surface area contributed by atoms with Crippen LogP contribution in [-0.2, 0) is 17.7 Å². The van der Waals surface area contributed by atoms with Crippen molar-refractivity contribution in [2.45, 2.75) is 13.0 Å². The van der Waals surface area contributed by atoms with Gasteiger partial charge in [0.2, 0.25) is 0 Å².